The molecule has 0 aliphatic heterocycles. The quantitative estimate of drug-likeness (QED) is 0.781. The molecular formula is C11H10N2O3S. The lowest BCUT2D eigenvalue weighted by Crippen LogP contribution is -2.12. The molecule has 0 saturated carbocycles. The van der Waals surface area contributed by atoms with Gasteiger partial charge in [0.25, 0.3) is 5.91 Å². The second kappa shape index (κ2) is 4.42. The number of carboxylic acid groups (broad SMARTS) is 1. The highest BCUT2D eigenvalue weighted by Gasteiger charge is 2.17. The van der Waals surface area contributed by atoms with Crippen molar-refractivity contribution in [1.29, 1.82) is 0 Å². The summed E-state index contributed by atoms with van der Waals surface area (Å²) < 4.78 is 0. The number of hydrogen-bond acceptors (Lipinski definition) is 3. The van der Waals surface area contributed by atoms with Crippen molar-refractivity contribution in [3.05, 3.63) is 39.8 Å². The number of carboxylic acids is 1. The highest BCUT2D eigenvalue weighted by atomic mass is 32.1. The lowest BCUT2D eigenvalue weighted by Gasteiger charge is -2.02. The molecule has 0 aromatic carbocycles. The second-order valence-corrected chi connectivity index (χ2v) is 4.39. The zero-order chi connectivity index (χ0) is 12.4. The molecule has 3 N–H and O–H groups in total. The molecular weight excluding hydrogens is 240 g/mol. The smallest absolute Gasteiger partial charge is 0.339 e. The fourth-order valence-electron chi connectivity index (χ4n) is 1.49. The highest BCUT2D eigenvalue weighted by molar-refractivity contribution is 7.12. The maximum atomic E-state index is 11.8. The Morgan fingerprint density at radius 3 is 2.82 bits per heavy atom. The lowest BCUT2D eigenvalue weighted by molar-refractivity contribution is 0.0697. The van der Waals surface area contributed by atoms with E-state index < -0.39 is 5.97 Å². The van der Waals surface area contributed by atoms with Crippen molar-refractivity contribution in [3.63, 3.8) is 0 Å². The predicted octanol–water partition coefficient (Wildman–Crippen LogP) is 2.34. The van der Waals surface area contributed by atoms with Gasteiger partial charge >= 0.3 is 5.97 Å². The van der Waals surface area contributed by atoms with Crippen LogP contribution in [0.3, 0.4) is 0 Å². The van der Waals surface area contributed by atoms with Crippen LogP contribution in [0.4, 0.5) is 5.69 Å². The number of aromatic carboxylic acids is 1. The van der Waals surface area contributed by atoms with Gasteiger partial charge in [-0.25, -0.2) is 4.79 Å². The second-order valence-electron chi connectivity index (χ2n) is 3.44. The Morgan fingerprint density at radius 1 is 1.47 bits per heavy atom. The largest absolute Gasteiger partial charge is 0.478 e. The van der Waals surface area contributed by atoms with Crippen LogP contribution < -0.4 is 5.32 Å². The van der Waals surface area contributed by atoms with Gasteiger partial charge in [-0.15, -0.1) is 11.3 Å². The number of amides is 1. The number of thiophene rings is 1. The van der Waals surface area contributed by atoms with Crippen LogP contribution in [0.1, 0.15) is 25.7 Å². The van der Waals surface area contributed by atoms with E-state index in [2.05, 4.69) is 10.3 Å². The standard InChI is InChI=1S/C11H10N2O3S/c1-6-9(11(15)16)7(5-12-6)13-10(14)8-3-2-4-17-8/h2-5,12H,1H3,(H,13,14)(H,15,16). The van der Waals surface area contributed by atoms with Gasteiger partial charge < -0.3 is 15.4 Å². The van der Waals surface area contributed by atoms with Crippen LogP contribution in [0.15, 0.2) is 23.7 Å². The summed E-state index contributed by atoms with van der Waals surface area (Å²) in [5.74, 6) is -1.37. The molecule has 0 aliphatic rings. The zero-order valence-electron chi connectivity index (χ0n) is 8.98. The first-order valence-electron chi connectivity index (χ1n) is 4.85. The van der Waals surface area contributed by atoms with E-state index in [-0.39, 0.29) is 17.2 Å². The number of H-pyrrole nitrogens is 1. The summed E-state index contributed by atoms with van der Waals surface area (Å²) in [7, 11) is 0. The number of nitrogens with one attached hydrogen (secondary N) is 2. The Labute approximate surface area is 101 Å². The third-order valence-corrected chi connectivity index (χ3v) is 3.15. The van der Waals surface area contributed by atoms with Gasteiger partial charge in [-0.2, -0.15) is 0 Å². The Hall–Kier alpha value is -2.08. The average molecular weight is 250 g/mol. The molecule has 0 atom stereocenters. The topological polar surface area (TPSA) is 82.2 Å². The summed E-state index contributed by atoms with van der Waals surface area (Å²) in [6, 6.07) is 3.44. The van der Waals surface area contributed by atoms with Crippen molar-refractivity contribution in [3.8, 4) is 0 Å². The molecule has 2 aromatic heterocycles. The van der Waals surface area contributed by atoms with Crippen LogP contribution in [-0.4, -0.2) is 22.0 Å². The van der Waals surface area contributed by atoms with Crippen molar-refractivity contribution in [2.45, 2.75) is 6.92 Å². The molecule has 2 heterocycles. The first kappa shape index (κ1) is 11.4. The SMILES string of the molecule is Cc1[nH]cc(NC(=O)c2cccs2)c1C(=O)O. The minimum Gasteiger partial charge on any atom is -0.478 e. The van der Waals surface area contributed by atoms with Crippen molar-refractivity contribution < 1.29 is 14.7 Å². The Balaban J connectivity index is 2.25. The van der Waals surface area contributed by atoms with E-state index in [4.69, 9.17) is 5.11 Å². The summed E-state index contributed by atoms with van der Waals surface area (Å²) in [5.41, 5.74) is 0.891. The normalized spacial score (nSPS) is 10.2. The number of carbonyl (C=O) groups is 2. The number of hydrogen-bond donors (Lipinski definition) is 3. The predicted molar refractivity (Wildman–Crippen MR) is 64.8 cm³/mol. The Bertz CT molecular complexity index is 557. The molecule has 0 fully saturated rings. The third-order valence-electron chi connectivity index (χ3n) is 2.28. The molecule has 0 bridgehead atoms. The van der Waals surface area contributed by atoms with Crippen molar-refractivity contribution >= 4 is 28.9 Å². The van der Waals surface area contributed by atoms with Gasteiger partial charge in [0.2, 0.25) is 0 Å². The fourth-order valence-corrected chi connectivity index (χ4v) is 2.11. The van der Waals surface area contributed by atoms with E-state index in [0.29, 0.717) is 10.6 Å². The van der Waals surface area contributed by atoms with Gasteiger partial charge in [-0.3, -0.25) is 4.79 Å². The molecule has 1 amide bonds. The summed E-state index contributed by atoms with van der Waals surface area (Å²) in [6.45, 7) is 1.64. The number of aromatic nitrogens is 1. The van der Waals surface area contributed by atoms with Gasteiger partial charge in [0.05, 0.1) is 10.6 Å². The van der Waals surface area contributed by atoms with Gasteiger partial charge in [0, 0.05) is 11.9 Å². The molecule has 2 rings (SSSR count). The lowest BCUT2D eigenvalue weighted by atomic mass is 10.2. The number of aryl methyl sites for hydroxylation is 1. The minimum atomic E-state index is -1.06. The van der Waals surface area contributed by atoms with E-state index in [9.17, 15) is 9.59 Å². The van der Waals surface area contributed by atoms with Gasteiger partial charge in [-0.1, -0.05) is 6.07 Å². The number of carbonyl (C=O) groups excluding carboxylic acids is 1. The molecule has 88 valence electrons. The summed E-state index contributed by atoms with van der Waals surface area (Å²) in [4.78, 5) is 26.1. The van der Waals surface area contributed by atoms with Crippen LogP contribution in [0.5, 0.6) is 0 Å². The number of rotatable bonds is 3. The monoisotopic (exact) mass is 250 g/mol. The average Bonchev–Trinajstić information content (AvgIpc) is 2.87. The maximum Gasteiger partial charge on any atom is 0.339 e. The molecule has 0 spiro atoms. The van der Waals surface area contributed by atoms with Crippen LogP contribution in [0.2, 0.25) is 0 Å². The maximum absolute atomic E-state index is 11.8. The van der Waals surface area contributed by atoms with Gasteiger partial charge in [-0.05, 0) is 18.4 Å². The molecule has 0 saturated heterocycles. The third kappa shape index (κ3) is 2.21. The highest BCUT2D eigenvalue weighted by Crippen LogP contribution is 2.20. The van der Waals surface area contributed by atoms with Gasteiger partial charge in [0.1, 0.15) is 5.56 Å². The summed E-state index contributed by atoms with van der Waals surface area (Å²) >= 11 is 1.30. The number of anilines is 1. The van der Waals surface area contributed by atoms with Crippen LogP contribution in [0.25, 0.3) is 0 Å². The van der Waals surface area contributed by atoms with E-state index in [1.165, 1.54) is 17.5 Å². The first-order valence-corrected chi connectivity index (χ1v) is 5.73. The fraction of sp³-hybridized carbons (Fsp3) is 0.0909. The molecule has 17 heavy (non-hydrogen) atoms. The number of aromatic amines is 1. The van der Waals surface area contributed by atoms with E-state index in [1.54, 1.807) is 24.4 Å². The Kier molecular flexibility index (Phi) is 2.97. The zero-order valence-corrected chi connectivity index (χ0v) is 9.80. The van der Waals surface area contributed by atoms with E-state index in [0.717, 1.165) is 0 Å². The van der Waals surface area contributed by atoms with Crippen molar-refractivity contribution in [2.24, 2.45) is 0 Å². The molecule has 0 unspecified atom stereocenters. The van der Waals surface area contributed by atoms with E-state index in [1.807, 2.05) is 0 Å². The molecule has 0 aliphatic carbocycles. The molecule has 5 nitrogen and oxygen atoms in total. The Morgan fingerprint density at radius 2 is 2.24 bits per heavy atom. The van der Waals surface area contributed by atoms with E-state index >= 15 is 0 Å². The van der Waals surface area contributed by atoms with Crippen molar-refractivity contribution in [2.75, 3.05) is 5.32 Å². The van der Waals surface area contributed by atoms with Crippen LogP contribution in [-0.2, 0) is 0 Å². The summed E-state index contributed by atoms with van der Waals surface area (Å²) in [5, 5.41) is 13.4. The van der Waals surface area contributed by atoms with Crippen molar-refractivity contribution in [1.82, 2.24) is 4.98 Å². The van der Waals surface area contributed by atoms with Crippen LogP contribution >= 0.6 is 11.3 Å². The molecule has 0 radical (unpaired) electrons. The van der Waals surface area contributed by atoms with Gasteiger partial charge in [0.15, 0.2) is 0 Å². The first-order chi connectivity index (χ1) is 8.09. The molecule has 6 heteroatoms. The molecule has 2 aromatic rings. The minimum absolute atomic E-state index is 0.0925. The van der Waals surface area contributed by atoms with Crippen LogP contribution in [0, 0.1) is 6.92 Å². The summed E-state index contributed by atoms with van der Waals surface area (Å²) in [6.07, 6.45) is 1.48.